The summed E-state index contributed by atoms with van der Waals surface area (Å²) in [5, 5.41) is 0. The Kier molecular flexibility index (Phi) is 7.49. The first-order valence-corrected chi connectivity index (χ1v) is 7.62. The third kappa shape index (κ3) is 6.00. The van der Waals surface area contributed by atoms with E-state index in [-0.39, 0.29) is 6.61 Å². The van der Waals surface area contributed by atoms with Gasteiger partial charge in [-0.15, -0.1) is 12.6 Å². The summed E-state index contributed by atoms with van der Waals surface area (Å²) in [4.78, 5) is 45.1. The first-order chi connectivity index (χ1) is 11.1. The predicted molar refractivity (Wildman–Crippen MR) is 80.9 cm³/mol. The molecule has 10 heteroatoms. The third-order valence-corrected chi connectivity index (χ3v) is 3.38. The molecule has 0 unspecified atom stereocenters. The van der Waals surface area contributed by atoms with Gasteiger partial charge in [0.05, 0.1) is 0 Å². The lowest BCUT2D eigenvalue weighted by Crippen LogP contribution is -2.61. The maximum Gasteiger partial charge on any atom is 0.303 e. The van der Waals surface area contributed by atoms with E-state index >= 15 is 0 Å². The molecule has 0 aromatic rings. The molecule has 0 radical (unpaired) electrons. The van der Waals surface area contributed by atoms with Crippen molar-refractivity contribution in [3.8, 4) is 0 Å². The number of carbonyl (C=O) groups excluding carboxylic acids is 4. The Labute approximate surface area is 144 Å². The van der Waals surface area contributed by atoms with E-state index in [0.717, 1.165) is 20.8 Å². The Hall–Kier alpha value is -1.81. The van der Waals surface area contributed by atoms with E-state index in [0.29, 0.717) is 0 Å². The monoisotopic (exact) mass is 364 g/mol. The summed E-state index contributed by atoms with van der Waals surface area (Å²) < 4.78 is 25.8. The second-order valence-electron chi connectivity index (χ2n) is 5.09. The van der Waals surface area contributed by atoms with Crippen molar-refractivity contribution in [2.24, 2.45) is 0 Å². The molecule has 1 fully saturated rings. The Balaban J connectivity index is 3.11. The first kappa shape index (κ1) is 20.2. The van der Waals surface area contributed by atoms with Gasteiger partial charge in [-0.05, 0) is 0 Å². The molecule has 5 atom stereocenters. The van der Waals surface area contributed by atoms with Gasteiger partial charge in [0, 0.05) is 27.7 Å². The summed E-state index contributed by atoms with van der Waals surface area (Å²) in [5.41, 5.74) is -0.981. The fourth-order valence-electron chi connectivity index (χ4n) is 2.21. The molecular weight excluding hydrogens is 344 g/mol. The van der Waals surface area contributed by atoms with Crippen molar-refractivity contribution in [2.45, 2.75) is 57.5 Å². The molecule has 1 aliphatic rings. The van der Waals surface area contributed by atoms with Gasteiger partial charge in [-0.25, -0.2) is 0 Å². The fourth-order valence-corrected chi connectivity index (χ4v) is 2.59. The van der Waals surface area contributed by atoms with Gasteiger partial charge < -0.3 is 23.7 Å². The molecular formula is C14H20O9S. The topological polar surface area (TPSA) is 114 Å². The fraction of sp³-hybridized carbons (Fsp3) is 0.714. The van der Waals surface area contributed by atoms with Crippen molar-refractivity contribution in [3.63, 3.8) is 0 Å². The number of hydrogen-bond acceptors (Lipinski definition) is 10. The minimum Gasteiger partial charge on any atom is -0.463 e. The average Bonchev–Trinajstić information content (AvgIpc) is 2.42. The summed E-state index contributed by atoms with van der Waals surface area (Å²) >= 11 is 4.18. The van der Waals surface area contributed by atoms with Crippen molar-refractivity contribution in [3.05, 3.63) is 0 Å². The third-order valence-electron chi connectivity index (χ3n) is 2.97. The van der Waals surface area contributed by atoms with E-state index in [1.165, 1.54) is 6.92 Å². The number of hydrogen-bond donors (Lipinski definition) is 1. The predicted octanol–water partition coefficient (Wildman–Crippen LogP) is -0.000700. The average molecular weight is 364 g/mol. The highest BCUT2D eigenvalue weighted by atomic mass is 32.1. The van der Waals surface area contributed by atoms with Crippen LogP contribution >= 0.6 is 12.6 Å². The molecule has 0 N–H and O–H groups in total. The lowest BCUT2D eigenvalue weighted by atomic mass is 9.99. The van der Waals surface area contributed by atoms with Crippen LogP contribution in [0.2, 0.25) is 0 Å². The Bertz CT molecular complexity index is 506. The maximum atomic E-state index is 11.4. The summed E-state index contributed by atoms with van der Waals surface area (Å²) in [7, 11) is 0. The quantitative estimate of drug-likeness (QED) is 0.409. The van der Waals surface area contributed by atoms with E-state index in [9.17, 15) is 19.2 Å². The van der Waals surface area contributed by atoms with Gasteiger partial charge in [0.1, 0.15) is 18.1 Å². The van der Waals surface area contributed by atoms with E-state index in [1.54, 1.807) is 0 Å². The normalized spacial score (nSPS) is 29.3. The lowest BCUT2D eigenvalue weighted by molar-refractivity contribution is -0.237. The maximum absolute atomic E-state index is 11.4. The second kappa shape index (κ2) is 8.88. The summed E-state index contributed by atoms with van der Waals surface area (Å²) in [6.07, 6.45) is -4.35. The smallest absolute Gasteiger partial charge is 0.303 e. The van der Waals surface area contributed by atoms with E-state index < -0.39 is 53.7 Å². The molecule has 0 amide bonds. The number of rotatable bonds is 5. The minimum absolute atomic E-state index is 0.255. The van der Waals surface area contributed by atoms with Crippen molar-refractivity contribution in [2.75, 3.05) is 6.61 Å². The van der Waals surface area contributed by atoms with Gasteiger partial charge in [-0.3, -0.25) is 19.2 Å². The van der Waals surface area contributed by atoms with Crippen LogP contribution in [0.1, 0.15) is 27.7 Å². The van der Waals surface area contributed by atoms with Crippen LogP contribution in [0.4, 0.5) is 0 Å². The van der Waals surface area contributed by atoms with Gasteiger partial charge in [-0.2, -0.15) is 0 Å². The van der Waals surface area contributed by atoms with Crippen LogP contribution in [0.25, 0.3) is 0 Å². The standard InChI is InChI=1S/C14H20O9S/c1-6(15)19-5-10-11(20-7(2)16)12(21-8(3)17)13(14(24)23-10)22-9(4)18/h10-14,24H,5H2,1-4H3/t10-,11-,12+,13-,14+/m0/s1. The first-order valence-electron chi connectivity index (χ1n) is 7.10. The van der Waals surface area contributed by atoms with Crippen molar-refractivity contribution >= 4 is 36.5 Å². The van der Waals surface area contributed by atoms with Gasteiger partial charge >= 0.3 is 23.9 Å². The van der Waals surface area contributed by atoms with Crippen LogP contribution in [-0.2, 0) is 42.9 Å². The van der Waals surface area contributed by atoms with Crippen molar-refractivity contribution in [1.82, 2.24) is 0 Å². The van der Waals surface area contributed by atoms with Gasteiger partial charge in [-0.1, -0.05) is 0 Å². The number of thiol groups is 1. The Morgan fingerprint density at radius 1 is 0.792 bits per heavy atom. The lowest BCUT2D eigenvalue weighted by Gasteiger charge is -2.42. The van der Waals surface area contributed by atoms with E-state index in [2.05, 4.69) is 12.6 Å². The zero-order valence-electron chi connectivity index (χ0n) is 13.7. The molecule has 1 heterocycles. The van der Waals surface area contributed by atoms with Crippen molar-refractivity contribution in [1.29, 1.82) is 0 Å². The highest BCUT2D eigenvalue weighted by molar-refractivity contribution is 7.80. The minimum atomic E-state index is -1.16. The number of esters is 4. The van der Waals surface area contributed by atoms with Crippen LogP contribution in [0.15, 0.2) is 0 Å². The summed E-state index contributed by atoms with van der Waals surface area (Å²) in [6.45, 7) is 4.42. The van der Waals surface area contributed by atoms with Crippen LogP contribution in [0.5, 0.6) is 0 Å². The highest BCUT2D eigenvalue weighted by Crippen LogP contribution is 2.30. The van der Waals surface area contributed by atoms with E-state index in [1.807, 2.05) is 0 Å². The molecule has 0 bridgehead atoms. The number of carbonyl (C=O) groups is 4. The largest absolute Gasteiger partial charge is 0.463 e. The molecule has 0 spiro atoms. The molecule has 0 aromatic heterocycles. The number of ether oxygens (including phenoxy) is 5. The van der Waals surface area contributed by atoms with Gasteiger partial charge in [0.25, 0.3) is 0 Å². The van der Waals surface area contributed by atoms with E-state index in [4.69, 9.17) is 23.7 Å². The molecule has 1 aliphatic heterocycles. The molecule has 0 saturated carbocycles. The van der Waals surface area contributed by atoms with Crippen molar-refractivity contribution < 1.29 is 42.9 Å². The Morgan fingerprint density at radius 3 is 1.71 bits per heavy atom. The molecule has 0 aromatic carbocycles. The van der Waals surface area contributed by atoms with Gasteiger partial charge in [0.15, 0.2) is 18.3 Å². The molecule has 1 saturated heterocycles. The van der Waals surface area contributed by atoms with Gasteiger partial charge in [0.2, 0.25) is 0 Å². The second-order valence-corrected chi connectivity index (χ2v) is 5.60. The molecule has 0 aliphatic carbocycles. The molecule has 24 heavy (non-hydrogen) atoms. The van der Waals surface area contributed by atoms with Crippen LogP contribution in [0.3, 0.4) is 0 Å². The van der Waals surface area contributed by atoms with Crippen LogP contribution < -0.4 is 0 Å². The molecule has 136 valence electrons. The summed E-state index contributed by atoms with van der Waals surface area (Å²) in [6, 6.07) is 0. The zero-order valence-corrected chi connectivity index (χ0v) is 14.6. The highest BCUT2D eigenvalue weighted by Gasteiger charge is 2.51. The summed E-state index contributed by atoms with van der Waals surface area (Å²) in [5.74, 6) is -2.57. The van der Waals surface area contributed by atoms with Crippen LogP contribution in [-0.4, -0.2) is 60.3 Å². The zero-order chi connectivity index (χ0) is 18.4. The molecule has 1 rings (SSSR count). The SMILES string of the molecule is CC(=O)OC[C@@H]1O[C@H](S)[C@@H](OC(C)=O)[C@H](OC(C)=O)[C@H]1OC(C)=O. The van der Waals surface area contributed by atoms with Crippen LogP contribution in [0, 0.1) is 0 Å². The Morgan fingerprint density at radius 2 is 1.25 bits per heavy atom. The molecule has 9 nitrogen and oxygen atoms in total.